The van der Waals surface area contributed by atoms with E-state index in [-0.39, 0.29) is 5.91 Å². The van der Waals surface area contributed by atoms with Crippen molar-refractivity contribution < 1.29 is 9.53 Å². The minimum atomic E-state index is -0.390. The Morgan fingerprint density at radius 3 is 2.56 bits per heavy atom. The molecular weight excluding hydrogens is 399 g/mol. The van der Waals surface area contributed by atoms with Crippen molar-refractivity contribution in [2.45, 2.75) is 20.4 Å². The van der Waals surface area contributed by atoms with Gasteiger partial charge in [0.25, 0.3) is 5.91 Å². The van der Waals surface area contributed by atoms with E-state index >= 15 is 0 Å². The molecule has 0 fully saturated rings. The van der Waals surface area contributed by atoms with Crippen LogP contribution in [0.5, 0.6) is 0 Å². The van der Waals surface area contributed by atoms with Crippen LogP contribution in [0.4, 0.5) is 0 Å². The van der Waals surface area contributed by atoms with Gasteiger partial charge in [0.05, 0.1) is 26.7 Å². The number of thiophene rings is 1. The SMILES string of the molecule is COCCn1c(=NC(=O)c2cc(Cl)sc2Cl)sc2cc(C)c(C)cc21. The number of thiazole rings is 1. The number of ether oxygens (including phenoxy) is 1. The zero-order chi connectivity index (χ0) is 18.1. The van der Waals surface area contributed by atoms with Gasteiger partial charge in [-0.2, -0.15) is 4.99 Å². The van der Waals surface area contributed by atoms with E-state index in [0.29, 0.717) is 32.2 Å². The molecule has 0 radical (unpaired) electrons. The largest absolute Gasteiger partial charge is 0.383 e. The standard InChI is InChI=1S/C17H16Cl2N2O2S2/c1-9-6-12-13(7-10(9)2)24-17(21(12)4-5-23-3)20-16(22)11-8-14(18)25-15(11)19/h6-8H,4-5H2,1-3H3. The van der Waals surface area contributed by atoms with Crippen LogP contribution in [0.3, 0.4) is 0 Å². The highest BCUT2D eigenvalue weighted by atomic mass is 35.5. The first kappa shape index (κ1) is 18.6. The van der Waals surface area contributed by atoms with Gasteiger partial charge in [0.1, 0.15) is 4.34 Å². The Bertz CT molecular complexity index is 1020. The predicted molar refractivity (Wildman–Crippen MR) is 105 cm³/mol. The molecule has 0 unspecified atom stereocenters. The molecule has 0 bridgehead atoms. The van der Waals surface area contributed by atoms with Crippen molar-refractivity contribution in [2.24, 2.45) is 4.99 Å². The van der Waals surface area contributed by atoms with E-state index in [1.165, 1.54) is 22.5 Å². The van der Waals surface area contributed by atoms with Crippen LogP contribution >= 0.6 is 45.9 Å². The number of rotatable bonds is 4. The molecule has 0 saturated carbocycles. The van der Waals surface area contributed by atoms with Gasteiger partial charge in [-0.25, -0.2) is 0 Å². The van der Waals surface area contributed by atoms with Gasteiger partial charge in [-0.15, -0.1) is 11.3 Å². The summed E-state index contributed by atoms with van der Waals surface area (Å²) >= 11 is 14.7. The molecule has 1 amide bonds. The lowest BCUT2D eigenvalue weighted by atomic mass is 10.1. The van der Waals surface area contributed by atoms with E-state index in [1.807, 2.05) is 4.57 Å². The van der Waals surface area contributed by atoms with Crippen LogP contribution in [0.1, 0.15) is 21.5 Å². The second-order valence-corrected chi connectivity index (χ2v) is 8.88. The summed E-state index contributed by atoms with van der Waals surface area (Å²) in [7, 11) is 1.65. The summed E-state index contributed by atoms with van der Waals surface area (Å²) in [5.74, 6) is -0.390. The van der Waals surface area contributed by atoms with E-state index in [4.69, 9.17) is 27.9 Å². The van der Waals surface area contributed by atoms with Gasteiger partial charge in [-0.05, 0) is 43.2 Å². The summed E-state index contributed by atoms with van der Waals surface area (Å²) in [4.78, 5) is 17.5. The Balaban J connectivity index is 2.16. The Labute approximate surface area is 163 Å². The molecule has 0 spiro atoms. The average molecular weight is 415 g/mol. The van der Waals surface area contributed by atoms with E-state index in [0.717, 1.165) is 21.6 Å². The van der Waals surface area contributed by atoms with Crippen LogP contribution in [0.25, 0.3) is 10.2 Å². The number of carbonyl (C=O) groups is 1. The van der Waals surface area contributed by atoms with Crippen molar-refractivity contribution in [1.29, 1.82) is 0 Å². The van der Waals surface area contributed by atoms with Crippen molar-refractivity contribution >= 4 is 62.0 Å². The van der Waals surface area contributed by atoms with Gasteiger partial charge in [0.2, 0.25) is 0 Å². The molecule has 0 aliphatic heterocycles. The lowest BCUT2D eigenvalue weighted by Gasteiger charge is -2.06. The van der Waals surface area contributed by atoms with Crippen molar-refractivity contribution in [3.8, 4) is 0 Å². The third-order valence-electron chi connectivity index (χ3n) is 3.90. The van der Waals surface area contributed by atoms with Crippen molar-refractivity contribution in [2.75, 3.05) is 13.7 Å². The molecule has 0 atom stereocenters. The maximum atomic E-state index is 12.5. The number of amides is 1. The molecule has 0 aliphatic carbocycles. The number of nitrogens with zero attached hydrogens (tertiary/aromatic N) is 2. The number of methoxy groups -OCH3 is 1. The third-order valence-corrected chi connectivity index (χ3v) is 6.43. The molecule has 3 aromatic rings. The second kappa shape index (κ2) is 7.60. The maximum Gasteiger partial charge on any atom is 0.282 e. The number of hydrogen-bond acceptors (Lipinski definition) is 4. The molecule has 2 heterocycles. The molecule has 4 nitrogen and oxygen atoms in total. The van der Waals surface area contributed by atoms with E-state index in [9.17, 15) is 4.79 Å². The lowest BCUT2D eigenvalue weighted by molar-refractivity contribution is 0.0998. The molecular formula is C17H16Cl2N2O2S2. The van der Waals surface area contributed by atoms with Crippen LogP contribution in [-0.4, -0.2) is 24.2 Å². The Morgan fingerprint density at radius 1 is 1.20 bits per heavy atom. The van der Waals surface area contributed by atoms with Crippen molar-refractivity contribution in [1.82, 2.24) is 4.57 Å². The Morgan fingerprint density at radius 2 is 1.92 bits per heavy atom. The molecule has 0 N–H and O–H groups in total. The third kappa shape index (κ3) is 3.83. The topological polar surface area (TPSA) is 43.6 Å². The molecule has 0 saturated heterocycles. The van der Waals surface area contributed by atoms with Gasteiger partial charge in [-0.3, -0.25) is 4.79 Å². The van der Waals surface area contributed by atoms with E-state index < -0.39 is 0 Å². The number of aromatic nitrogens is 1. The van der Waals surface area contributed by atoms with Crippen LogP contribution in [0.2, 0.25) is 8.67 Å². The fraction of sp³-hybridized carbons (Fsp3) is 0.294. The molecule has 25 heavy (non-hydrogen) atoms. The fourth-order valence-electron chi connectivity index (χ4n) is 2.44. The second-order valence-electron chi connectivity index (χ2n) is 5.59. The molecule has 0 aliphatic rings. The number of halogens is 2. The number of hydrogen-bond donors (Lipinski definition) is 0. The minimum Gasteiger partial charge on any atom is -0.383 e. The van der Waals surface area contributed by atoms with Crippen molar-refractivity contribution in [3.05, 3.63) is 48.4 Å². The summed E-state index contributed by atoms with van der Waals surface area (Å²) in [6.45, 7) is 5.29. The number of fused-ring (bicyclic) bond motifs is 1. The van der Waals surface area contributed by atoms with Crippen LogP contribution in [-0.2, 0) is 11.3 Å². The molecule has 2 aromatic heterocycles. The normalized spacial score (nSPS) is 12.3. The summed E-state index contributed by atoms with van der Waals surface area (Å²) in [5, 5.41) is 0. The fourth-order valence-corrected chi connectivity index (χ4v) is 5.02. The highest BCUT2D eigenvalue weighted by Crippen LogP contribution is 2.31. The summed E-state index contributed by atoms with van der Waals surface area (Å²) < 4.78 is 9.13. The molecule has 8 heteroatoms. The van der Waals surface area contributed by atoms with Gasteiger partial charge in [-0.1, -0.05) is 34.5 Å². The minimum absolute atomic E-state index is 0.333. The lowest BCUT2D eigenvalue weighted by Crippen LogP contribution is -2.19. The first-order valence-corrected chi connectivity index (χ1v) is 9.93. The zero-order valence-corrected chi connectivity index (χ0v) is 17.1. The summed E-state index contributed by atoms with van der Waals surface area (Å²) in [6.07, 6.45) is 0. The van der Waals surface area contributed by atoms with E-state index in [2.05, 4.69) is 31.0 Å². The zero-order valence-electron chi connectivity index (χ0n) is 13.9. The number of carbonyl (C=O) groups excluding carboxylic acids is 1. The first-order valence-electron chi connectivity index (χ1n) is 7.54. The smallest absolute Gasteiger partial charge is 0.282 e. The van der Waals surface area contributed by atoms with Crippen LogP contribution in [0.15, 0.2) is 23.2 Å². The summed E-state index contributed by atoms with van der Waals surface area (Å²) in [6, 6.07) is 5.80. The Hall–Kier alpha value is -1.18. The predicted octanol–water partition coefficient (Wildman–Crippen LogP) is 5.08. The molecule has 3 rings (SSSR count). The van der Waals surface area contributed by atoms with Gasteiger partial charge < -0.3 is 9.30 Å². The number of benzene rings is 1. The summed E-state index contributed by atoms with van der Waals surface area (Å²) in [5.41, 5.74) is 3.78. The quantitative estimate of drug-likeness (QED) is 0.597. The average Bonchev–Trinajstić information content (AvgIpc) is 3.05. The molecule has 1 aromatic carbocycles. The van der Waals surface area contributed by atoms with Crippen LogP contribution < -0.4 is 4.80 Å². The van der Waals surface area contributed by atoms with Crippen LogP contribution in [0, 0.1) is 13.8 Å². The Kier molecular flexibility index (Phi) is 5.65. The van der Waals surface area contributed by atoms with Gasteiger partial charge in [0.15, 0.2) is 4.80 Å². The highest BCUT2D eigenvalue weighted by molar-refractivity contribution is 7.20. The molecule has 132 valence electrons. The van der Waals surface area contributed by atoms with E-state index in [1.54, 1.807) is 13.2 Å². The van der Waals surface area contributed by atoms with Gasteiger partial charge in [0, 0.05) is 13.7 Å². The van der Waals surface area contributed by atoms with Gasteiger partial charge >= 0.3 is 0 Å². The van der Waals surface area contributed by atoms with Crippen molar-refractivity contribution in [3.63, 3.8) is 0 Å². The number of aryl methyl sites for hydroxylation is 2. The first-order chi connectivity index (χ1) is 11.9. The monoisotopic (exact) mass is 414 g/mol. The highest BCUT2D eigenvalue weighted by Gasteiger charge is 2.15. The maximum absolute atomic E-state index is 12.5.